The number of halogens is 2. The first-order chi connectivity index (χ1) is 19.6. The van der Waals surface area contributed by atoms with Crippen LogP contribution in [-0.4, -0.2) is 24.9 Å². The summed E-state index contributed by atoms with van der Waals surface area (Å²) in [5.41, 5.74) is 3.83. The number of aromatic nitrogens is 5. The van der Waals surface area contributed by atoms with Crippen LogP contribution < -0.4 is 10.8 Å². The number of hydrogen-bond acceptors (Lipinski definition) is 4. The first-order valence-electron chi connectivity index (χ1n) is 12.4. The van der Waals surface area contributed by atoms with Crippen molar-refractivity contribution in [3.8, 4) is 22.3 Å². The van der Waals surface area contributed by atoms with Gasteiger partial charge in [0, 0.05) is 68.9 Å². The molecule has 4 N–H and O–H groups in total. The molecule has 0 aliphatic heterocycles. The molecule has 0 atom stereocenters. The van der Waals surface area contributed by atoms with Gasteiger partial charge in [0.25, 0.3) is 0 Å². The van der Waals surface area contributed by atoms with E-state index in [0.29, 0.717) is 61.5 Å². The van der Waals surface area contributed by atoms with E-state index in [4.69, 9.17) is 4.99 Å². The molecule has 4 aromatic heterocycles. The summed E-state index contributed by atoms with van der Waals surface area (Å²) < 4.78 is 29.5. The Labute approximate surface area is 227 Å². The first-order valence-corrected chi connectivity index (χ1v) is 12.4. The zero-order valence-corrected chi connectivity index (χ0v) is 21.2. The minimum atomic E-state index is -0.372. The van der Waals surface area contributed by atoms with Crippen LogP contribution in [0.1, 0.15) is 11.1 Å². The molecule has 0 bridgehead atoms. The van der Waals surface area contributed by atoms with Gasteiger partial charge in [-0.15, -0.1) is 0 Å². The monoisotopic (exact) mass is 531 g/mol. The van der Waals surface area contributed by atoms with E-state index in [1.807, 2.05) is 0 Å². The maximum atomic E-state index is 14.8. The van der Waals surface area contributed by atoms with Crippen LogP contribution in [0.3, 0.4) is 0 Å². The van der Waals surface area contributed by atoms with Crippen molar-refractivity contribution in [2.75, 3.05) is 5.32 Å². The molecule has 2 aromatic carbocycles. The Bertz CT molecular complexity index is 1960. The molecule has 0 unspecified atom stereocenters. The summed E-state index contributed by atoms with van der Waals surface area (Å²) in [5.74, 6) is 0.709. The third-order valence-electron chi connectivity index (χ3n) is 6.60. The second-order valence-corrected chi connectivity index (χ2v) is 8.89. The lowest BCUT2D eigenvalue weighted by Crippen LogP contribution is -2.04. The zero-order valence-electron chi connectivity index (χ0n) is 21.2. The second-order valence-electron chi connectivity index (χ2n) is 8.89. The molecule has 40 heavy (non-hydrogen) atoms. The van der Waals surface area contributed by atoms with Gasteiger partial charge in [-0.05, 0) is 12.1 Å². The van der Waals surface area contributed by atoms with Gasteiger partial charge in [0.1, 0.15) is 35.4 Å². The molecule has 0 spiro atoms. The fourth-order valence-corrected chi connectivity index (χ4v) is 4.71. The Kier molecular flexibility index (Phi) is 6.37. The number of nitrogens with zero attached hydrogens (tertiary/aromatic N) is 3. The minimum Gasteiger partial charge on any atom is -0.366 e. The maximum Gasteiger partial charge on any atom is 0.165 e. The Morgan fingerprint density at radius 2 is 1.38 bits per heavy atom. The third kappa shape index (κ3) is 4.29. The normalized spacial score (nSPS) is 11.6. The Morgan fingerprint density at radius 1 is 0.750 bits per heavy atom. The van der Waals surface area contributed by atoms with E-state index in [-0.39, 0.29) is 11.6 Å². The lowest BCUT2D eigenvalue weighted by molar-refractivity contribution is 0.631. The van der Waals surface area contributed by atoms with Crippen LogP contribution in [0.5, 0.6) is 0 Å². The van der Waals surface area contributed by atoms with Gasteiger partial charge in [-0.1, -0.05) is 61.7 Å². The van der Waals surface area contributed by atoms with E-state index in [2.05, 4.69) is 43.4 Å². The van der Waals surface area contributed by atoms with Gasteiger partial charge >= 0.3 is 0 Å². The molecule has 0 saturated carbocycles. The molecule has 0 radical (unpaired) electrons. The number of anilines is 2. The van der Waals surface area contributed by atoms with E-state index in [1.54, 1.807) is 73.3 Å². The summed E-state index contributed by atoms with van der Waals surface area (Å²) in [5, 5.41) is 4.65. The highest BCUT2D eigenvalue weighted by Gasteiger charge is 2.18. The summed E-state index contributed by atoms with van der Waals surface area (Å²) in [7, 11) is 0. The summed E-state index contributed by atoms with van der Waals surface area (Å²) >= 11 is 0. The SMILES string of the molecule is C=Cc1c[nH]c(/N=c2\ncnc(Nc3[nH]cc(C=C)c3-c3ccccc3F)c3c[nH]cc23)c1-c1ccccc1F. The molecule has 7 nitrogen and oxygen atoms in total. The molecule has 6 aromatic rings. The molecular formula is C31H23F2N7. The molecule has 4 heterocycles. The van der Waals surface area contributed by atoms with Crippen LogP contribution in [0, 0.1) is 11.6 Å². The predicted molar refractivity (Wildman–Crippen MR) is 155 cm³/mol. The Morgan fingerprint density at radius 3 is 2.08 bits per heavy atom. The van der Waals surface area contributed by atoms with Gasteiger partial charge in [-0.2, -0.15) is 0 Å². The van der Waals surface area contributed by atoms with Crippen molar-refractivity contribution in [3.63, 3.8) is 0 Å². The fourth-order valence-electron chi connectivity index (χ4n) is 4.71. The Balaban J connectivity index is 1.49. The topological polar surface area (TPSA) is 97.5 Å². The maximum absolute atomic E-state index is 14.8. The number of nitrogens with one attached hydrogen (secondary N) is 4. The largest absolute Gasteiger partial charge is 0.366 e. The summed E-state index contributed by atoms with van der Waals surface area (Å²) in [6.45, 7) is 7.72. The molecule has 6 rings (SSSR count). The van der Waals surface area contributed by atoms with Crippen molar-refractivity contribution < 1.29 is 8.78 Å². The van der Waals surface area contributed by atoms with Crippen molar-refractivity contribution in [3.05, 3.63) is 121 Å². The van der Waals surface area contributed by atoms with Crippen LogP contribution in [-0.2, 0) is 0 Å². The lowest BCUT2D eigenvalue weighted by Gasteiger charge is -2.09. The molecule has 0 amide bonds. The number of aromatic amines is 3. The number of rotatable bonds is 7. The van der Waals surface area contributed by atoms with E-state index < -0.39 is 0 Å². The van der Waals surface area contributed by atoms with E-state index in [0.717, 1.165) is 5.56 Å². The molecule has 0 fully saturated rings. The highest BCUT2D eigenvalue weighted by Crippen LogP contribution is 2.37. The average Bonchev–Trinajstić information content (AvgIpc) is 3.69. The van der Waals surface area contributed by atoms with Crippen molar-refractivity contribution >= 4 is 40.4 Å². The molecule has 0 aliphatic rings. The molecule has 196 valence electrons. The van der Waals surface area contributed by atoms with Gasteiger partial charge in [0.2, 0.25) is 0 Å². The molecular weight excluding hydrogens is 508 g/mol. The van der Waals surface area contributed by atoms with Crippen molar-refractivity contribution in [1.29, 1.82) is 0 Å². The van der Waals surface area contributed by atoms with Gasteiger partial charge in [-0.3, -0.25) is 0 Å². The first kappa shape index (κ1) is 24.7. The summed E-state index contributed by atoms with van der Waals surface area (Å²) in [4.78, 5) is 23.2. The predicted octanol–water partition coefficient (Wildman–Crippen LogP) is 7.49. The standard InChI is InChI=1S/C31H23F2N7/c1-3-18-13-35-30(26(18)20-9-5-7-11-24(20)32)39-28-22-15-34-16-23(22)29(38-17-37-28)40-31-27(19(4-2)14-36-31)21-10-6-8-12-25(21)33/h3-17,34-36H,1-2H2,(H,37,38,39,40). The number of H-pyrrole nitrogens is 3. The van der Waals surface area contributed by atoms with Crippen LogP contribution in [0.25, 0.3) is 45.2 Å². The fraction of sp³-hybridized carbons (Fsp3) is 0. The van der Waals surface area contributed by atoms with Crippen LogP contribution in [0.15, 0.2) is 97.8 Å². The highest BCUT2D eigenvalue weighted by molar-refractivity contribution is 5.94. The van der Waals surface area contributed by atoms with Gasteiger partial charge < -0.3 is 20.3 Å². The van der Waals surface area contributed by atoms with Gasteiger partial charge in [-0.25, -0.2) is 23.7 Å². The molecule has 0 aliphatic carbocycles. The zero-order chi connectivity index (χ0) is 27.6. The van der Waals surface area contributed by atoms with E-state index >= 15 is 0 Å². The van der Waals surface area contributed by atoms with Crippen LogP contribution in [0.4, 0.5) is 26.2 Å². The van der Waals surface area contributed by atoms with E-state index in [1.165, 1.54) is 18.5 Å². The van der Waals surface area contributed by atoms with E-state index in [9.17, 15) is 8.78 Å². The smallest absolute Gasteiger partial charge is 0.165 e. The summed E-state index contributed by atoms with van der Waals surface area (Å²) in [6.07, 6.45) is 11.7. The lowest BCUT2D eigenvalue weighted by atomic mass is 10.0. The third-order valence-corrected chi connectivity index (χ3v) is 6.60. The Hall–Kier alpha value is -5.57. The van der Waals surface area contributed by atoms with Gasteiger partial charge in [0.05, 0.1) is 0 Å². The number of hydrogen-bond donors (Lipinski definition) is 4. The molecule has 9 heteroatoms. The van der Waals surface area contributed by atoms with Crippen molar-refractivity contribution in [1.82, 2.24) is 24.9 Å². The minimum absolute atomic E-state index is 0.357. The molecule has 0 saturated heterocycles. The van der Waals surface area contributed by atoms with Crippen LogP contribution >= 0.6 is 0 Å². The van der Waals surface area contributed by atoms with Gasteiger partial charge in [0.15, 0.2) is 5.49 Å². The van der Waals surface area contributed by atoms with Crippen LogP contribution in [0.2, 0.25) is 0 Å². The second kappa shape index (κ2) is 10.3. The van der Waals surface area contributed by atoms with Crippen molar-refractivity contribution in [2.24, 2.45) is 4.99 Å². The average molecular weight is 532 g/mol. The quantitative estimate of drug-likeness (QED) is 0.172. The van der Waals surface area contributed by atoms with Crippen molar-refractivity contribution in [2.45, 2.75) is 0 Å². The highest BCUT2D eigenvalue weighted by atomic mass is 19.1. The number of benzene rings is 2. The summed E-state index contributed by atoms with van der Waals surface area (Å²) in [6, 6.07) is 13.0. The number of fused-ring (bicyclic) bond motifs is 1.